The topological polar surface area (TPSA) is 133 Å². The Labute approximate surface area is 248 Å². The Hall–Kier alpha value is -5.58. The Morgan fingerprint density at radius 1 is 0.581 bits per heavy atom. The second-order valence-corrected chi connectivity index (χ2v) is 8.68. The molecule has 0 fully saturated rings. The summed E-state index contributed by atoms with van der Waals surface area (Å²) in [6.07, 6.45) is 5.52. The number of hydrogen-bond donors (Lipinski definition) is 0. The van der Waals surface area contributed by atoms with Gasteiger partial charge in [-0.05, 0) is 59.7 Å². The van der Waals surface area contributed by atoms with Crippen molar-refractivity contribution in [3.63, 3.8) is 0 Å². The summed E-state index contributed by atoms with van der Waals surface area (Å²) in [6, 6.07) is 14.3. The van der Waals surface area contributed by atoms with Gasteiger partial charge in [0.1, 0.15) is 18.1 Å². The van der Waals surface area contributed by atoms with Crippen molar-refractivity contribution in [2.75, 3.05) is 21.3 Å². The SMILES string of the molecule is COc1cc(OC(=O)/C=C/c2ccc(OC(C)=O)c(OC)c2)ccc1COC(=O)/C=C/c1ccc(OC(C)=O)c(OC)c1. The molecule has 0 aliphatic carbocycles. The first-order valence-electron chi connectivity index (χ1n) is 12.8. The summed E-state index contributed by atoms with van der Waals surface area (Å²) in [5.41, 5.74) is 1.79. The van der Waals surface area contributed by atoms with Gasteiger partial charge in [-0.3, -0.25) is 9.59 Å². The fourth-order valence-electron chi connectivity index (χ4n) is 3.64. The van der Waals surface area contributed by atoms with Gasteiger partial charge < -0.3 is 33.2 Å². The molecule has 0 spiro atoms. The van der Waals surface area contributed by atoms with Gasteiger partial charge >= 0.3 is 23.9 Å². The second-order valence-electron chi connectivity index (χ2n) is 8.68. The molecular formula is C32H30O11. The first kappa shape index (κ1) is 31.9. The molecule has 0 atom stereocenters. The van der Waals surface area contributed by atoms with E-state index in [1.165, 1.54) is 65.5 Å². The molecule has 3 aromatic carbocycles. The van der Waals surface area contributed by atoms with E-state index < -0.39 is 23.9 Å². The summed E-state index contributed by atoms with van der Waals surface area (Å²) in [4.78, 5) is 47.1. The van der Waals surface area contributed by atoms with Crippen molar-refractivity contribution in [2.24, 2.45) is 0 Å². The third kappa shape index (κ3) is 9.78. The summed E-state index contributed by atoms with van der Waals surface area (Å²) in [5, 5.41) is 0. The zero-order valence-electron chi connectivity index (χ0n) is 24.2. The fraction of sp³-hybridized carbons (Fsp3) is 0.188. The van der Waals surface area contributed by atoms with Gasteiger partial charge in [0, 0.05) is 37.6 Å². The molecule has 0 saturated heterocycles. The molecule has 0 heterocycles. The Bertz CT molecular complexity index is 1550. The minimum absolute atomic E-state index is 0.0969. The summed E-state index contributed by atoms with van der Waals surface area (Å²) in [6.45, 7) is 2.47. The summed E-state index contributed by atoms with van der Waals surface area (Å²) >= 11 is 0. The Morgan fingerprint density at radius 3 is 1.58 bits per heavy atom. The standard InChI is InChI=1S/C32H30O11/c1-20(33)41-26-12-6-22(16-29(26)38-4)8-14-31(35)40-19-24-10-11-25(18-28(24)37-3)43-32(36)15-9-23-7-13-27(42-21(2)34)30(17-23)39-5/h6-18H,19H2,1-5H3/b14-8+,15-9+. The minimum Gasteiger partial charge on any atom is -0.496 e. The average molecular weight is 591 g/mol. The summed E-state index contributed by atoms with van der Waals surface area (Å²) in [5.74, 6) is -0.459. The number of rotatable bonds is 12. The predicted molar refractivity (Wildman–Crippen MR) is 155 cm³/mol. The summed E-state index contributed by atoms with van der Waals surface area (Å²) < 4.78 is 36.6. The van der Waals surface area contributed by atoms with E-state index >= 15 is 0 Å². The van der Waals surface area contributed by atoms with Gasteiger partial charge in [-0.2, -0.15) is 0 Å². The lowest BCUT2D eigenvalue weighted by molar-refractivity contribution is -0.139. The minimum atomic E-state index is -0.646. The maximum atomic E-state index is 12.4. The highest BCUT2D eigenvalue weighted by Crippen LogP contribution is 2.30. The highest BCUT2D eigenvalue weighted by molar-refractivity contribution is 5.89. The van der Waals surface area contributed by atoms with E-state index in [1.807, 2.05) is 0 Å². The summed E-state index contributed by atoms with van der Waals surface area (Å²) in [7, 11) is 4.31. The molecule has 0 N–H and O–H groups in total. The molecule has 0 amide bonds. The third-order valence-electron chi connectivity index (χ3n) is 5.55. The van der Waals surface area contributed by atoms with Crippen molar-refractivity contribution < 1.29 is 52.3 Å². The normalized spacial score (nSPS) is 10.7. The van der Waals surface area contributed by atoms with E-state index in [4.69, 9.17) is 33.2 Å². The first-order chi connectivity index (χ1) is 20.6. The number of esters is 4. The quantitative estimate of drug-likeness (QED) is 0.161. The van der Waals surface area contributed by atoms with Gasteiger partial charge in [0.2, 0.25) is 0 Å². The van der Waals surface area contributed by atoms with E-state index in [0.717, 1.165) is 0 Å². The van der Waals surface area contributed by atoms with Crippen LogP contribution in [0.1, 0.15) is 30.5 Å². The van der Waals surface area contributed by atoms with Crippen LogP contribution in [0.25, 0.3) is 12.2 Å². The van der Waals surface area contributed by atoms with Gasteiger partial charge in [0.15, 0.2) is 23.0 Å². The van der Waals surface area contributed by atoms with Gasteiger partial charge in [-0.15, -0.1) is 0 Å². The molecule has 0 saturated carbocycles. The van der Waals surface area contributed by atoms with Crippen LogP contribution in [-0.2, 0) is 30.5 Å². The molecule has 0 aromatic heterocycles. The van der Waals surface area contributed by atoms with Crippen LogP contribution in [0.5, 0.6) is 34.5 Å². The van der Waals surface area contributed by atoms with Crippen LogP contribution in [0, 0.1) is 0 Å². The van der Waals surface area contributed by atoms with E-state index in [0.29, 0.717) is 33.9 Å². The van der Waals surface area contributed by atoms with Crippen LogP contribution in [0.15, 0.2) is 66.7 Å². The van der Waals surface area contributed by atoms with Crippen molar-refractivity contribution in [2.45, 2.75) is 20.5 Å². The van der Waals surface area contributed by atoms with Crippen molar-refractivity contribution in [1.82, 2.24) is 0 Å². The average Bonchev–Trinajstić information content (AvgIpc) is 2.98. The predicted octanol–water partition coefficient (Wildman–Crippen LogP) is 4.94. The highest BCUT2D eigenvalue weighted by atomic mass is 16.6. The van der Waals surface area contributed by atoms with Crippen LogP contribution in [0.3, 0.4) is 0 Å². The third-order valence-corrected chi connectivity index (χ3v) is 5.55. The van der Waals surface area contributed by atoms with Crippen molar-refractivity contribution in [3.05, 3.63) is 83.4 Å². The van der Waals surface area contributed by atoms with Gasteiger partial charge in [-0.1, -0.05) is 12.1 Å². The van der Waals surface area contributed by atoms with Gasteiger partial charge in [0.25, 0.3) is 0 Å². The van der Waals surface area contributed by atoms with Crippen LogP contribution < -0.4 is 28.4 Å². The highest BCUT2D eigenvalue weighted by Gasteiger charge is 2.11. The Morgan fingerprint density at radius 2 is 1.09 bits per heavy atom. The number of carbonyl (C=O) groups excluding carboxylic acids is 4. The monoisotopic (exact) mass is 590 g/mol. The molecule has 0 aliphatic heterocycles. The maximum Gasteiger partial charge on any atom is 0.336 e. The zero-order chi connectivity index (χ0) is 31.4. The molecule has 0 bridgehead atoms. The first-order valence-corrected chi connectivity index (χ1v) is 12.8. The molecule has 11 heteroatoms. The van der Waals surface area contributed by atoms with Crippen molar-refractivity contribution in [1.29, 1.82) is 0 Å². The Kier molecular flexibility index (Phi) is 11.5. The van der Waals surface area contributed by atoms with E-state index in [-0.39, 0.29) is 23.9 Å². The number of ether oxygens (including phenoxy) is 7. The van der Waals surface area contributed by atoms with Gasteiger partial charge in [-0.25, -0.2) is 9.59 Å². The fourth-order valence-corrected chi connectivity index (χ4v) is 3.64. The largest absolute Gasteiger partial charge is 0.496 e. The number of benzene rings is 3. The van der Waals surface area contributed by atoms with E-state index in [2.05, 4.69) is 0 Å². The maximum absolute atomic E-state index is 12.4. The van der Waals surface area contributed by atoms with Crippen LogP contribution in [-0.4, -0.2) is 45.2 Å². The molecule has 0 unspecified atom stereocenters. The number of hydrogen-bond acceptors (Lipinski definition) is 11. The van der Waals surface area contributed by atoms with E-state index in [9.17, 15) is 19.2 Å². The van der Waals surface area contributed by atoms with Crippen LogP contribution >= 0.6 is 0 Å². The van der Waals surface area contributed by atoms with Crippen LogP contribution in [0.2, 0.25) is 0 Å². The molecule has 3 aromatic rings. The molecule has 3 rings (SSSR count). The van der Waals surface area contributed by atoms with Crippen molar-refractivity contribution in [3.8, 4) is 34.5 Å². The molecule has 224 valence electrons. The zero-order valence-corrected chi connectivity index (χ0v) is 24.2. The number of carbonyl (C=O) groups is 4. The molecule has 43 heavy (non-hydrogen) atoms. The molecule has 0 aliphatic rings. The van der Waals surface area contributed by atoms with Crippen molar-refractivity contribution >= 4 is 36.0 Å². The Balaban J connectivity index is 1.58. The smallest absolute Gasteiger partial charge is 0.336 e. The molecular weight excluding hydrogens is 560 g/mol. The lowest BCUT2D eigenvalue weighted by Gasteiger charge is -2.11. The van der Waals surface area contributed by atoms with Crippen LogP contribution in [0.4, 0.5) is 0 Å². The van der Waals surface area contributed by atoms with Gasteiger partial charge in [0.05, 0.1) is 21.3 Å². The molecule has 11 nitrogen and oxygen atoms in total. The second kappa shape index (κ2) is 15.4. The number of methoxy groups -OCH3 is 3. The lowest BCUT2D eigenvalue weighted by Crippen LogP contribution is -2.06. The molecule has 0 radical (unpaired) electrons. The lowest BCUT2D eigenvalue weighted by atomic mass is 10.2. The van der Waals surface area contributed by atoms with E-state index in [1.54, 1.807) is 48.5 Å².